The Kier molecular flexibility index (Phi) is 5.01. The largest absolute Gasteiger partial charge is 0.496 e. The second-order valence-electron chi connectivity index (χ2n) is 5.10. The summed E-state index contributed by atoms with van der Waals surface area (Å²) in [5, 5.41) is 9.82. The number of hydrogen-bond acceptors (Lipinski definition) is 2. The van der Waals surface area contributed by atoms with E-state index < -0.39 is 0 Å². The molecule has 0 aromatic heterocycles. The van der Waals surface area contributed by atoms with Gasteiger partial charge < -0.3 is 9.84 Å². The van der Waals surface area contributed by atoms with E-state index in [-0.39, 0.29) is 6.10 Å². The maximum Gasteiger partial charge on any atom is 0.122 e. The molecule has 1 aromatic rings. The van der Waals surface area contributed by atoms with Gasteiger partial charge in [0.1, 0.15) is 5.75 Å². The fourth-order valence-corrected chi connectivity index (χ4v) is 1.98. The summed E-state index contributed by atoms with van der Waals surface area (Å²) in [7, 11) is 1.70. The van der Waals surface area contributed by atoms with Crippen molar-refractivity contribution in [1.82, 2.24) is 0 Å². The number of aryl methyl sites for hydroxylation is 3. The highest BCUT2D eigenvalue weighted by atomic mass is 16.5. The average Bonchev–Trinajstić information content (AvgIpc) is 2.29. The molecule has 0 aliphatic rings. The summed E-state index contributed by atoms with van der Waals surface area (Å²) >= 11 is 0. The number of hydrogen-bond donors (Lipinski definition) is 1. The molecule has 1 aromatic carbocycles. The molecular formula is C15H24O2. The summed E-state index contributed by atoms with van der Waals surface area (Å²) in [5.41, 5.74) is 3.71. The molecule has 0 aliphatic carbocycles. The molecule has 1 N–H and O–H groups in total. The quantitative estimate of drug-likeness (QED) is 0.850. The zero-order valence-corrected chi connectivity index (χ0v) is 11.6. The molecule has 0 amide bonds. The number of aliphatic hydroxyl groups is 1. The monoisotopic (exact) mass is 236 g/mol. The van der Waals surface area contributed by atoms with Crippen LogP contribution in [0.4, 0.5) is 0 Å². The van der Waals surface area contributed by atoms with E-state index in [1.54, 1.807) is 7.11 Å². The van der Waals surface area contributed by atoms with Gasteiger partial charge in [0.2, 0.25) is 0 Å². The smallest absolute Gasteiger partial charge is 0.122 e. The van der Waals surface area contributed by atoms with Crippen molar-refractivity contribution in [3.05, 3.63) is 28.8 Å². The zero-order chi connectivity index (χ0) is 13.0. The minimum atomic E-state index is -0.211. The van der Waals surface area contributed by atoms with Crippen LogP contribution in [0, 0.1) is 19.8 Å². The van der Waals surface area contributed by atoms with Crippen molar-refractivity contribution >= 4 is 0 Å². The Morgan fingerprint density at radius 1 is 1.18 bits per heavy atom. The fourth-order valence-electron chi connectivity index (χ4n) is 1.98. The third-order valence-corrected chi connectivity index (χ3v) is 3.33. The van der Waals surface area contributed by atoms with Crippen LogP contribution < -0.4 is 4.74 Å². The van der Waals surface area contributed by atoms with Gasteiger partial charge in [-0.1, -0.05) is 19.9 Å². The van der Waals surface area contributed by atoms with E-state index in [0.717, 1.165) is 24.2 Å². The average molecular weight is 236 g/mol. The van der Waals surface area contributed by atoms with Gasteiger partial charge in [0.25, 0.3) is 0 Å². The third-order valence-electron chi connectivity index (χ3n) is 3.33. The van der Waals surface area contributed by atoms with E-state index in [4.69, 9.17) is 4.74 Å². The zero-order valence-electron chi connectivity index (χ0n) is 11.6. The van der Waals surface area contributed by atoms with Gasteiger partial charge in [0.15, 0.2) is 0 Å². The van der Waals surface area contributed by atoms with Crippen LogP contribution in [0.1, 0.15) is 37.0 Å². The van der Waals surface area contributed by atoms with Crippen LogP contribution in [0.15, 0.2) is 12.1 Å². The van der Waals surface area contributed by atoms with Gasteiger partial charge in [0, 0.05) is 0 Å². The molecule has 1 atom stereocenters. The number of aliphatic hydroxyl groups excluding tert-OH is 1. The van der Waals surface area contributed by atoms with Crippen LogP contribution in [0.5, 0.6) is 5.75 Å². The Labute approximate surface area is 105 Å². The first kappa shape index (κ1) is 14.0. The topological polar surface area (TPSA) is 29.5 Å². The summed E-state index contributed by atoms with van der Waals surface area (Å²) in [5.74, 6) is 1.27. The van der Waals surface area contributed by atoms with Crippen LogP contribution in [0.3, 0.4) is 0 Å². The van der Waals surface area contributed by atoms with E-state index in [9.17, 15) is 5.11 Å². The number of methoxy groups -OCH3 is 1. The third kappa shape index (κ3) is 3.74. The molecule has 0 radical (unpaired) electrons. The van der Waals surface area contributed by atoms with Crippen molar-refractivity contribution < 1.29 is 9.84 Å². The molecule has 0 saturated carbocycles. The maximum atomic E-state index is 9.82. The van der Waals surface area contributed by atoms with Crippen molar-refractivity contribution in [2.75, 3.05) is 7.11 Å². The van der Waals surface area contributed by atoms with E-state index >= 15 is 0 Å². The highest BCUT2D eigenvalue weighted by Gasteiger charge is 2.11. The summed E-state index contributed by atoms with van der Waals surface area (Å²) in [6, 6.07) is 4.24. The second-order valence-corrected chi connectivity index (χ2v) is 5.10. The summed E-state index contributed by atoms with van der Waals surface area (Å²) in [6.07, 6.45) is 1.54. The van der Waals surface area contributed by atoms with E-state index in [2.05, 4.69) is 39.8 Å². The Hall–Kier alpha value is -1.02. The molecule has 17 heavy (non-hydrogen) atoms. The number of ether oxygens (including phenoxy) is 1. The van der Waals surface area contributed by atoms with Crippen LogP contribution in [0.25, 0.3) is 0 Å². The highest BCUT2D eigenvalue weighted by Crippen LogP contribution is 2.24. The maximum absolute atomic E-state index is 9.82. The lowest BCUT2D eigenvalue weighted by Crippen LogP contribution is -2.15. The Morgan fingerprint density at radius 3 is 2.35 bits per heavy atom. The summed E-state index contributed by atoms with van der Waals surface area (Å²) < 4.78 is 5.30. The van der Waals surface area contributed by atoms with Gasteiger partial charge in [-0.25, -0.2) is 0 Å². The Morgan fingerprint density at radius 2 is 1.82 bits per heavy atom. The van der Waals surface area contributed by atoms with Gasteiger partial charge in [-0.2, -0.15) is 0 Å². The Bertz CT molecular complexity index is 369. The molecule has 0 fully saturated rings. The van der Waals surface area contributed by atoms with E-state index in [1.807, 2.05) is 0 Å². The van der Waals surface area contributed by atoms with Gasteiger partial charge in [-0.3, -0.25) is 0 Å². The number of benzene rings is 1. The first-order chi connectivity index (χ1) is 7.95. The SMILES string of the molecule is COc1cc(C)c(CCC(O)C(C)C)cc1C. The van der Waals surface area contributed by atoms with Crippen molar-refractivity contribution in [1.29, 1.82) is 0 Å². The fraction of sp³-hybridized carbons (Fsp3) is 0.600. The molecule has 0 saturated heterocycles. The first-order valence-electron chi connectivity index (χ1n) is 6.28. The number of rotatable bonds is 5. The molecule has 2 heteroatoms. The van der Waals surface area contributed by atoms with Crippen molar-refractivity contribution in [2.24, 2.45) is 5.92 Å². The van der Waals surface area contributed by atoms with E-state index in [1.165, 1.54) is 11.1 Å². The molecule has 2 nitrogen and oxygen atoms in total. The van der Waals surface area contributed by atoms with Crippen molar-refractivity contribution in [3.8, 4) is 5.75 Å². The van der Waals surface area contributed by atoms with Crippen molar-refractivity contribution in [3.63, 3.8) is 0 Å². The molecule has 0 spiro atoms. The predicted octanol–water partition coefficient (Wildman–Crippen LogP) is 3.26. The summed E-state index contributed by atoms with van der Waals surface area (Å²) in [4.78, 5) is 0. The Balaban J connectivity index is 2.75. The standard InChI is InChI=1S/C15H24O2/c1-10(2)14(16)7-6-13-8-12(4)15(17-5)9-11(13)3/h8-10,14,16H,6-7H2,1-5H3. The second kappa shape index (κ2) is 6.06. The van der Waals surface area contributed by atoms with Gasteiger partial charge in [0.05, 0.1) is 13.2 Å². The van der Waals surface area contributed by atoms with Crippen molar-refractivity contribution in [2.45, 2.75) is 46.6 Å². The minimum absolute atomic E-state index is 0.211. The predicted molar refractivity (Wildman–Crippen MR) is 71.6 cm³/mol. The van der Waals surface area contributed by atoms with Crippen LogP contribution in [-0.4, -0.2) is 18.3 Å². The normalized spacial score (nSPS) is 12.9. The summed E-state index contributed by atoms with van der Waals surface area (Å²) in [6.45, 7) is 8.26. The lowest BCUT2D eigenvalue weighted by atomic mass is 9.95. The molecule has 0 aliphatic heterocycles. The minimum Gasteiger partial charge on any atom is -0.496 e. The highest BCUT2D eigenvalue weighted by molar-refractivity contribution is 5.41. The van der Waals surface area contributed by atoms with Crippen LogP contribution in [0.2, 0.25) is 0 Å². The van der Waals surface area contributed by atoms with E-state index in [0.29, 0.717) is 5.92 Å². The van der Waals surface area contributed by atoms with Gasteiger partial charge in [-0.15, -0.1) is 0 Å². The molecule has 0 heterocycles. The molecule has 1 rings (SSSR count). The van der Waals surface area contributed by atoms with Crippen LogP contribution >= 0.6 is 0 Å². The first-order valence-corrected chi connectivity index (χ1v) is 6.28. The van der Waals surface area contributed by atoms with Gasteiger partial charge in [-0.05, 0) is 55.4 Å². The molecular weight excluding hydrogens is 212 g/mol. The van der Waals surface area contributed by atoms with Crippen LogP contribution in [-0.2, 0) is 6.42 Å². The van der Waals surface area contributed by atoms with Gasteiger partial charge >= 0.3 is 0 Å². The molecule has 0 bridgehead atoms. The molecule has 1 unspecified atom stereocenters. The molecule has 96 valence electrons. The lowest BCUT2D eigenvalue weighted by molar-refractivity contribution is 0.116. The lowest BCUT2D eigenvalue weighted by Gasteiger charge is -2.16.